The summed E-state index contributed by atoms with van der Waals surface area (Å²) in [6, 6.07) is 0. The van der Waals surface area contributed by atoms with Crippen molar-refractivity contribution in [2.24, 2.45) is 0 Å². The lowest BCUT2D eigenvalue weighted by atomic mass is 10.2. The van der Waals surface area contributed by atoms with Crippen molar-refractivity contribution in [2.45, 2.75) is 52.7 Å². The summed E-state index contributed by atoms with van der Waals surface area (Å²) in [5.41, 5.74) is -0.786. The molecule has 0 bridgehead atoms. The predicted molar refractivity (Wildman–Crippen MR) is 66.6 cm³/mol. The number of ether oxygens (including phenoxy) is 3. The SMILES string of the molecule is C=C(COCC(=O)OC(C)(C)C)OC(C)(C)C. The highest BCUT2D eigenvalue weighted by molar-refractivity contribution is 5.71. The summed E-state index contributed by atoms with van der Waals surface area (Å²) in [4.78, 5) is 11.3. The van der Waals surface area contributed by atoms with E-state index in [1.807, 2.05) is 41.5 Å². The van der Waals surface area contributed by atoms with Crippen molar-refractivity contribution in [2.75, 3.05) is 13.2 Å². The van der Waals surface area contributed by atoms with E-state index in [4.69, 9.17) is 14.2 Å². The maximum absolute atomic E-state index is 11.3. The van der Waals surface area contributed by atoms with Crippen LogP contribution in [0, 0.1) is 0 Å². The fourth-order valence-electron chi connectivity index (χ4n) is 1.08. The van der Waals surface area contributed by atoms with Crippen LogP contribution in [0.5, 0.6) is 0 Å². The molecule has 0 aliphatic rings. The number of carbonyl (C=O) groups is 1. The van der Waals surface area contributed by atoms with Crippen molar-refractivity contribution in [3.8, 4) is 0 Å². The minimum Gasteiger partial charge on any atom is -0.491 e. The van der Waals surface area contributed by atoms with Gasteiger partial charge >= 0.3 is 5.97 Å². The van der Waals surface area contributed by atoms with Crippen molar-refractivity contribution in [3.05, 3.63) is 12.3 Å². The van der Waals surface area contributed by atoms with E-state index in [2.05, 4.69) is 6.58 Å². The highest BCUT2D eigenvalue weighted by Gasteiger charge is 2.17. The summed E-state index contributed by atoms with van der Waals surface area (Å²) in [6.45, 7) is 15.0. The van der Waals surface area contributed by atoms with Crippen LogP contribution < -0.4 is 0 Å². The van der Waals surface area contributed by atoms with Gasteiger partial charge in [0.05, 0.1) is 0 Å². The maximum atomic E-state index is 11.3. The highest BCUT2D eigenvalue weighted by Crippen LogP contribution is 2.12. The fourth-order valence-corrected chi connectivity index (χ4v) is 1.08. The fraction of sp³-hybridized carbons (Fsp3) is 0.769. The Bertz CT molecular complexity index is 240. The molecular formula is C13H24O4. The molecule has 17 heavy (non-hydrogen) atoms. The quantitative estimate of drug-likeness (QED) is 0.551. The van der Waals surface area contributed by atoms with E-state index in [1.165, 1.54) is 0 Å². The Balaban J connectivity index is 3.78. The second-order valence-electron chi connectivity index (χ2n) is 5.83. The average Bonchev–Trinajstić information content (AvgIpc) is 1.95. The van der Waals surface area contributed by atoms with E-state index in [0.717, 1.165) is 0 Å². The van der Waals surface area contributed by atoms with Gasteiger partial charge in [-0.05, 0) is 41.5 Å². The van der Waals surface area contributed by atoms with Gasteiger partial charge < -0.3 is 14.2 Å². The van der Waals surface area contributed by atoms with Crippen molar-refractivity contribution in [1.29, 1.82) is 0 Å². The van der Waals surface area contributed by atoms with Crippen LogP contribution in [0.15, 0.2) is 12.3 Å². The van der Waals surface area contributed by atoms with Crippen LogP contribution in [0.4, 0.5) is 0 Å². The lowest BCUT2D eigenvalue weighted by Crippen LogP contribution is -2.27. The third-order valence-corrected chi connectivity index (χ3v) is 1.35. The first-order valence-electron chi connectivity index (χ1n) is 5.66. The molecule has 0 aromatic rings. The van der Waals surface area contributed by atoms with Crippen molar-refractivity contribution in [3.63, 3.8) is 0 Å². The van der Waals surface area contributed by atoms with Gasteiger partial charge in [-0.25, -0.2) is 4.79 Å². The molecule has 0 atom stereocenters. The summed E-state index contributed by atoms with van der Waals surface area (Å²) in [5, 5.41) is 0. The smallest absolute Gasteiger partial charge is 0.332 e. The summed E-state index contributed by atoms with van der Waals surface area (Å²) in [7, 11) is 0. The van der Waals surface area contributed by atoms with E-state index in [-0.39, 0.29) is 24.8 Å². The number of hydrogen-bond donors (Lipinski definition) is 0. The molecule has 0 unspecified atom stereocenters. The van der Waals surface area contributed by atoms with Crippen molar-refractivity contribution in [1.82, 2.24) is 0 Å². The van der Waals surface area contributed by atoms with E-state index >= 15 is 0 Å². The Labute approximate surface area is 104 Å². The van der Waals surface area contributed by atoms with Crippen molar-refractivity contribution >= 4 is 5.97 Å². The van der Waals surface area contributed by atoms with Crippen LogP contribution in [0.1, 0.15) is 41.5 Å². The van der Waals surface area contributed by atoms with Gasteiger partial charge in [-0.1, -0.05) is 6.58 Å². The molecule has 0 amide bonds. The minimum absolute atomic E-state index is 0.0935. The molecule has 4 heteroatoms. The Hall–Kier alpha value is -1.03. The normalized spacial score (nSPS) is 12.1. The van der Waals surface area contributed by atoms with E-state index in [9.17, 15) is 4.79 Å². The van der Waals surface area contributed by atoms with E-state index in [0.29, 0.717) is 5.76 Å². The molecular weight excluding hydrogens is 220 g/mol. The topological polar surface area (TPSA) is 44.8 Å². The lowest BCUT2D eigenvalue weighted by Gasteiger charge is -2.23. The van der Waals surface area contributed by atoms with Crippen LogP contribution in [0.3, 0.4) is 0 Å². The first-order valence-corrected chi connectivity index (χ1v) is 5.66. The molecule has 0 spiro atoms. The van der Waals surface area contributed by atoms with Gasteiger partial charge in [-0.2, -0.15) is 0 Å². The summed E-state index contributed by atoms with van der Waals surface area (Å²) < 4.78 is 15.7. The number of esters is 1. The molecule has 0 aromatic carbocycles. The minimum atomic E-state index is -0.487. The largest absolute Gasteiger partial charge is 0.491 e. The van der Waals surface area contributed by atoms with Gasteiger partial charge in [0.25, 0.3) is 0 Å². The molecule has 0 heterocycles. The molecule has 0 fully saturated rings. The zero-order valence-electron chi connectivity index (χ0n) is 11.8. The first kappa shape index (κ1) is 16.0. The first-order chi connectivity index (χ1) is 7.49. The molecule has 0 saturated carbocycles. The molecule has 0 radical (unpaired) electrons. The Morgan fingerprint density at radius 2 is 1.41 bits per heavy atom. The van der Waals surface area contributed by atoms with Gasteiger partial charge in [0.2, 0.25) is 0 Å². The maximum Gasteiger partial charge on any atom is 0.332 e. The van der Waals surface area contributed by atoms with E-state index in [1.54, 1.807) is 0 Å². The lowest BCUT2D eigenvalue weighted by molar-refractivity contribution is -0.160. The Morgan fingerprint density at radius 3 is 1.82 bits per heavy atom. The number of hydrogen-bond acceptors (Lipinski definition) is 4. The van der Waals surface area contributed by atoms with Gasteiger partial charge in [0.1, 0.15) is 30.2 Å². The van der Waals surface area contributed by atoms with E-state index < -0.39 is 5.60 Å². The predicted octanol–water partition coefficient (Wildman–Crippen LogP) is 2.67. The third-order valence-electron chi connectivity index (χ3n) is 1.35. The summed E-state index contributed by atoms with van der Waals surface area (Å²) >= 11 is 0. The van der Waals surface area contributed by atoms with Gasteiger partial charge in [-0.3, -0.25) is 0 Å². The van der Waals surface area contributed by atoms with Crippen LogP contribution in [-0.4, -0.2) is 30.4 Å². The van der Waals surface area contributed by atoms with Crippen molar-refractivity contribution < 1.29 is 19.0 Å². The van der Waals surface area contributed by atoms with Gasteiger partial charge in [-0.15, -0.1) is 0 Å². The standard InChI is InChI=1S/C13H24O4/c1-10(16-12(2,3)4)8-15-9-11(14)17-13(5,6)7/h1,8-9H2,2-7H3. The van der Waals surface area contributed by atoms with Gasteiger partial charge in [0, 0.05) is 0 Å². The molecule has 0 aromatic heterocycles. The third kappa shape index (κ3) is 11.2. The molecule has 0 saturated heterocycles. The second kappa shape index (κ2) is 6.05. The van der Waals surface area contributed by atoms with Crippen LogP contribution >= 0.6 is 0 Å². The summed E-state index contributed by atoms with van der Waals surface area (Å²) in [5.74, 6) is 0.113. The molecule has 0 rings (SSSR count). The Kier molecular flexibility index (Phi) is 5.69. The highest BCUT2D eigenvalue weighted by atomic mass is 16.6. The monoisotopic (exact) mass is 244 g/mol. The molecule has 0 N–H and O–H groups in total. The van der Waals surface area contributed by atoms with Crippen LogP contribution in [0.2, 0.25) is 0 Å². The summed E-state index contributed by atoms with van der Waals surface area (Å²) in [6.07, 6.45) is 0. The number of carbonyl (C=O) groups excluding carboxylic acids is 1. The van der Waals surface area contributed by atoms with Crippen LogP contribution in [-0.2, 0) is 19.0 Å². The molecule has 0 aliphatic carbocycles. The van der Waals surface area contributed by atoms with Gasteiger partial charge in [0.15, 0.2) is 0 Å². The zero-order valence-corrected chi connectivity index (χ0v) is 11.8. The molecule has 4 nitrogen and oxygen atoms in total. The molecule has 100 valence electrons. The zero-order chi connectivity index (χ0) is 13.7. The van der Waals surface area contributed by atoms with Crippen LogP contribution in [0.25, 0.3) is 0 Å². The second-order valence-corrected chi connectivity index (χ2v) is 5.83. The molecule has 0 aliphatic heterocycles. The average molecular weight is 244 g/mol. The Morgan fingerprint density at radius 1 is 0.941 bits per heavy atom. The number of rotatable bonds is 5.